The third-order valence-electron chi connectivity index (χ3n) is 7.02. The molecule has 8 nitrogen and oxygen atoms in total. The van der Waals surface area contributed by atoms with Crippen molar-refractivity contribution in [3.8, 4) is 11.5 Å². The Morgan fingerprint density at radius 1 is 0.842 bits per heavy atom. The summed E-state index contributed by atoms with van der Waals surface area (Å²) in [6.45, 7) is 3.39. The van der Waals surface area contributed by atoms with Crippen molar-refractivity contribution in [1.29, 1.82) is 0 Å². The first-order valence-corrected chi connectivity index (χ1v) is 12.4. The predicted octanol–water partition coefficient (Wildman–Crippen LogP) is 4.33. The number of hydrogen-bond acceptors (Lipinski definition) is 6. The van der Waals surface area contributed by atoms with Gasteiger partial charge in [-0.15, -0.1) is 0 Å². The fourth-order valence-corrected chi connectivity index (χ4v) is 5.20. The second-order valence-electron chi connectivity index (χ2n) is 9.77. The van der Waals surface area contributed by atoms with Crippen LogP contribution in [0.3, 0.4) is 0 Å². The maximum Gasteiger partial charge on any atom is 0.235 e. The summed E-state index contributed by atoms with van der Waals surface area (Å²) in [5, 5.41) is 17.1. The van der Waals surface area contributed by atoms with Crippen LogP contribution in [0.1, 0.15) is 30.4 Å². The van der Waals surface area contributed by atoms with Gasteiger partial charge in [-0.3, -0.25) is 14.4 Å². The number of nitrogens with one attached hydrogen (secondary N) is 2. The molecule has 2 amide bonds. The minimum Gasteiger partial charge on any atom is -0.495 e. The van der Waals surface area contributed by atoms with E-state index in [9.17, 15) is 19.5 Å². The molecule has 0 bridgehead atoms. The van der Waals surface area contributed by atoms with Crippen LogP contribution in [-0.2, 0) is 14.4 Å². The summed E-state index contributed by atoms with van der Waals surface area (Å²) in [5.41, 5.74) is 0.699. The van der Waals surface area contributed by atoms with E-state index in [-0.39, 0.29) is 6.42 Å². The summed E-state index contributed by atoms with van der Waals surface area (Å²) in [6.07, 6.45) is -0.358. The number of hydrogen-bond donors (Lipinski definition) is 3. The zero-order valence-electron chi connectivity index (χ0n) is 21.9. The van der Waals surface area contributed by atoms with E-state index >= 15 is 0 Å². The molecule has 38 heavy (non-hydrogen) atoms. The van der Waals surface area contributed by atoms with Crippen molar-refractivity contribution in [2.75, 3.05) is 24.9 Å². The van der Waals surface area contributed by atoms with Gasteiger partial charge in [0.25, 0.3) is 0 Å². The van der Waals surface area contributed by atoms with E-state index in [0.717, 1.165) is 5.56 Å². The van der Waals surface area contributed by atoms with Gasteiger partial charge in [0.1, 0.15) is 23.2 Å². The van der Waals surface area contributed by atoms with Gasteiger partial charge >= 0.3 is 0 Å². The summed E-state index contributed by atoms with van der Waals surface area (Å²) in [5.74, 6) is -3.94. The third-order valence-corrected chi connectivity index (χ3v) is 7.02. The molecule has 3 aromatic carbocycles. The number of aliphatic hydroxyl groups is 1. The molecule has 0 aliphatic heterocycles. The molecule has 1 fully saturated rings. The molecule has 4 atom stereocenters. The molecule has 0 heterocycles. The lowest BCUT2D eigenvalue weighted by atomic mass is 9.61. The Balaban J connectivity index is 1.78. The van der Waals surface area contributed by atoms with Gasteiger partial charge in [-0.1, -0.05) is 54.1 Å². The van der Waals surface area contributed by atoms with Crippen LogP contribution in [0.4, 0.5) is 11.4 Å². The van der Waals surface area contributed by atoms with Crippen molar-refractivity contribution in [3.05, 3.63) is 83.9 Å². The van der Waals surface area contributed by atoms with Gasteiger partial charge in [0.05, 0.1) is 37.1 Å². The zero-order chi connectivity index (χ0) is 27.4. The Labute approximate surface area is 222 Å². The maximum atomic E-state index is 13.8. The highest BCUT2D eigenvalue weighted by Crippen LogP contribution is 2.47. The number of carbonyl (C=O) groups excluding carboxylic acids is 3. The molecule has 0 saturated heterocycles. The molecule has 8 heteroatoms. The van der Waals surface area contributed by atoms with Gasteiger partial charge in [-0.2, -0.15) is 0 Å². The van der Waals surface area contributed by atoms with E-state index < -0.39 is 41.0 Å². The first-order valence-electron chi connectivity index (χ1n) is 12.4. The van der Waals surface area contributed by atoms with E-state index in [2.05, 4.69) is 10.6 Å². The van der Waals surface area contributed by atoms with Crippen LogP contribution in [0.2, 0.25) is 0 Å². The largest absolute Gasteiger partial charge is 0.495 e. The van der Waals surface area contributed by atoms with Gasteiger partial charge < -0.3 is 25.2 Å². The summed E-state index contributed by atoms with van der Waals surface area (Å²) in [7, 11) is 2.98. The SMILES string of the molecule is COc1ccccc1NC(=O)[C@@H]1C(=O)C[C@](C)(O)[C@@H](C(=O)Nc2ccccc2OC)[C@@H]1c1ccc(C)cc1. The standard InChI is InChI=1S/C30H32N2O6/c1-18-13-15-19(16-14-18)25-26(28(34)31-20-9-5-7-11-23(20)37-3)22(33)17-30(2,36)27(25)29(35)32-21-10-6-8-12-24(21)38-4/h5-16,25-27,36H,17H2,1-4H3,(H,31,34)(H,32,35)/t25-,26-,27-,30+/m1/s1. The molecule has 1 aliphatic carbocycles. The smallest absolute Gasteiger partial charge is 0.235 e. The molecule has 4 rings (SSSR count). The highest BCUT2D eigenvalue weighted by atomic mass is 16.5. The summed E-state index contributed by atoms with van der Waals surface area (Å²) < 4.78 is 10.7. The van der Waals surface area contributed by atoms with Crippen molar-refractivity contribution in [2.24, 2.45) is 11.8 Å². The van der Waals surface area contributed by atoms with Gasteiger partial charge in [0.15, 0.2) is 0 Å². The Morgan fingerprint density at radius 2 is 1.34 bits per heavy atom. The summed E-state index contributed by atoms with van der Waals surface area (Å²) in [4.78, 5) is 41.0. The highest BCUT2D eigenvalue weighted by molar-refractivity contribution is 6.11. The van der Waals surface area contributed by atoms with E-state index in [4.69, 9.17) is 9.47 Å². The molecular weight excluding hydrogens is 484 g/mol. The van der Waals surface area contributed by atoms with E-state index in [0.29, 0.717) is 28.4 Å². The normalized spacial score (nSPS) is 22.9. The number of anilines is 2. The zero-order valence-corrected chi connectivity index (χ0v) is 21.9. The number of ketones is 1. The fraction of sp³-hybridized carbons (Fsp3) is 0.300. The Kier molecular flexibility index (Phi) is 7.83. The minimum atomic E-state index is -1.71. The second-order valence-corrected chi connectivity index (χ2v) is 9.77. The average molecular weight is 517 g/mol. The molecule has 3 N–H and O–H groups in total. The highest BCUT2D eigenvalue weighted by Gasteiger charge is 2.56. The average Bonchev–Trinajstić information content (AvgIpc) is 2.88. The third kappa shape index (κ3) is 5.40. The molecule has 3 aromatic rings. The number of para-hydroxylation sites is 4. The lowest BCUT2D eigenvalue weighted by Crippen LogP contribution is -2.56. The van der Waals surface area contributed by atoms with Crippen LogP contribution in [0.15, 0.2) is 72.8 Å². The van der Waals surface area contributed by atoms with E-state index in [1.807, 2.05) is 19.1 Å². The van der Waals surface area contributed by atoms with Crippen molar-refractivity contribution in [3.63, 3.8) is 0 Å². The monoisotopic (exact) mass is 516 g/mol. The number of rotatable bonds is 7. The van der Waals surface area contributed by atoms with Crippen LogP contribution in [-0.4, -0.2) is 42.5 Å². The number of aryl methyl sites for hydroxylation is 1. The van der Waals surface area contributed by atoms with E-state index in [1.165, 1.54) is 21.1 Å². The number of Topliss-reactive ketones (excluding diaryl/α,β-unsaturated/α-hetero) is 1. The lowest BCUT2D eigenvalue weighted by Gasteiger charge is -2.44. The quantitative estimate of drug-likeness (QED) is 0.403. The van der Waals surface area contributed by atoms with Crippen molar-refractivity contribution in [2.45, 2.75) is 31.8 Å². The molecular formula is C30H32N2O6. The topological polar surface area (TPSA) is 114 Å². The van der Waals surface area contributed by atoms with Crippen LogP contribution >= 0.6 is 0 Å². The Bertz CT molecular complexity index is 1330. The van der Waals surface area contributed by atoms with Gasteiger partial charge in [-0.05, 0) is 43.7 Å². The number of ether oxygens (including phenoxy) is 2. The van der Waals surface area contributed by atoms with Crippen LogP contribution in [0.25, 0.3) is 0 Å². The molecule has 1 saturated carbocycles. The van der Waals surface area contributed by atoms with Crippen LogP contribution in [0, 0.1) is 18.8 Å². The van der Waals surface area contributed by atoms with Gasteiger partial charge in [-0.25, -0.2) is 0 Å². The minimum absolute atomic E-state index is 0.358. The number of carbonyl (C=O) groups is 3. The number of benzene rings is 3. The van der Waals surface area contributed by atoms with Crippen LogP contribution < -0.4 is 20.1 Å². The predicted molar refractivity (Wildman–Crippen MR) is 144 cm³/mol. The number of amides is 2. The lowest BCUT2D eigenvalue weighted by molar-refractivity contribution is -0.150. The van der Waals surface area contributed by atoms with Crippen molar-refractivity contribution < 1.29 is 29.0 Å². The molecule has 0 radical (unpaired) electrons. The number of methoxy groups -OCH3 is 2. The summed E-state index contributed by atoms with van der Waals surface area (Å²) >= 11 is 0. The summed E-state index contributed by atoms with van der Waals surface area (Å²) in [6, 6.07) is 21.1. The maximum absolute atomic E-state index is 13.8. The molecule has 0 unspecified atom stereocenters. The van der Waals surface area contributed by atoms with Crippen molar-refractivity contribution in [1.82, 2.24) is 0 Å². The van der Waals surface area contributed by atoms with Gasteiger partial charge in [0.2, 0.25) is 11.8 Å². The van der Waals surface area contributed by atoms with Crippen molar-refractivity contribution >= 4 is 29.0 Å². The van der Waals surface area contributed by atoms with E-state index in [1.54, 1.807) is 60.7 Å². The van der Waals surface area contributed by atoms with Gasteiger partial charge in [0, 0.05) is 12.3 Å². The van der Waals surface area contributed by atoms with Crippen LogP contribution in [0.5, 0.6) is 11.5 Å². The molecule has 198 valence electrons. The molecule has 1 aliphatic rings. The second kappa shape index (κ2) is 11.1. The molecule has 0 spiro atoms. The fourth-order valence-electron chi connectivity index (χ4n) is 5.20. The Hall–Kier alpha value is -4.17. The Morgan fingerprint density at radius 3 is 1.87 bits per heavy atom. The molecule has 0 aromatic heterocycles. The first-order chi connectivity index (χ1) is 18.2. The first kappa shape index (κ1) is 26.9.